The first kappa shape index (κ1) is 18.4. The van der Waals surface area contributed by atoms with Gasteiger partial charge in [0, 0.05) is 19.3 Å². The summed E-state index contributed by atoms with van der Waals surface area (Å²) in [7, 11) is 5.65. The van der Waals surface area contributed by atoms with Gasteiger partial charge in [-0.2, -0.15) is 0 Å². The molecule has 0 aliphatic carbocycles. The Bertz CT molecular complexity index is 502. The van der Waals surface area contributed by atoms with Gasteiger partial charge in [-0.25, -0.2) is 0 Å². The van der Waals surface area contributed by atoms with Crippen LogP contribution < -0.4 is 10.6 Å². The van der Waals surface area contributed by atoms with E-state index in [1.165, 1.54) is 0 Å². The van der Waals surface area contributed by atoms with E-state index in [9.17, 15) is 10.1 Å². The Morgan fingerprint density at radius 2 is 2.27 bits per heavy atom. The van der Waals surface area contributed by atoms with Crippen molar-refractivity contribution in [3.63, 3.8) is 0 Å². The minimum atomic E-state index is -0.482. The number of nitrogens with zero attached hydrogens (tertiary/aromatic N) is 2. The molecule has 0 saturated carbocycles. The molecule has 0 radical (unpaired) electrons. The van der Waals surface area contributed by atoms with Crippen LogP contribution in [-0.4, -0.2) is 43.3 Å². The summed E-state index contributed by atoms with van der Waals surface area (Å²) >= 11 is 1.74. The lowest BCUT2D eigenvalue weighted by Gasteiger charge is -2.11. The van der Waals surface area contributed by atoms with Gasteiger partial charge in [0.1, 0.15) is 11.5 Å². The van der Waals surface area contributed by atoms with Crippen LogP contribution in [0.25, 0.3) is 0 Å². The summed E-state index contributed by atoms with van der Waals surface area (Å²) in [5.41, 5.74) is 0. The molecule has 0 fully saturated rings. The quantitative estimate of drug-likeness (QED) is 0.386. The Morgan fingerprint density at radius 1 is 1.55 bits per heavy atom. The second-order valence-corrected chi connectivity index (χ2v) is 6.51. The van der Waals surface area contributed by atoms with Gasteiger partial charge in [-0.1, -0.05) is 0 Å². The van der Waals surface area contributed by atoms with E-state index in [1.54, 1.807) is 18.8 Å². The van der Waals surface area contributed by atoms with Crippen LogP contribution >= 0.6 is 11.8 Å². The molecule has 8 heteroatoms. The molecule has 0 saturated heterocycles. The first-order valence-corrected chi connectivity index (χ1v) is 8.09. The minimum Gasteiger partial charge on any atom is -0.464 e. The monoisotopic (exact) mass is 328 g/mol. The maximum absolute atomic E-state index is 10.4. The number of rotatable bonds is 10. The lowest BCUT2D eigenvalue weighted by molar-refractivity contribution is -0.404. The summed E-state index contributed by atoms with van der Waals surface area (Å²) in [5, 5.41) is 16.4. The summed E-state index contributed by atoms with van der Waals surface area (Å²) in [6.45, 7) is 3.52. The number of nitro groups is 1. The average molecular weight is 328 g/mol. The third-order valence-electron chi connectivity index (χ3n) is 2.84. The number of thioether (sulfide) groups is 1. The van der Waals surface area contributed by atoms with Crippen LogP contribution in [0.3, 0.4) is 0 Å². The highest BCUT2D eigenvalue weighted by atomic mass is 32.2. The Labute approximate surface area is 135 Å². The number of hydrogen-bond donors (Lipinski definition) is 2. The van der Waals surface area contributed by atoms with E-state index in [0.717, 1.165) is 30.0 Å². The van der Waals surface area contributed by atoms with Crippen molar-refractivity contribution in [1.82, 2.24) is 15.5 Å². The first-order valence-electron chi connectivity index (χ1n) is 7.04. The van der Waals surface area contributed by atoms with Gasteiger partial charge in [-0.15, -0.1) is 11.8 Å². The second kappa shape index (κ2) is 9.37. The van der Waals surface area contributed by atoms with Crippen molar-refractivity contribution in [2.75, 3.05) is 33.4 Å². The number of furan rings is 1. The SMILES string of the molecule is CNC(=C[N+](=O)[O-])NCCSC(C)c1ccc(CN(C)C)o1. The van der Waals surface area contributed by atoms with Gasteiger partial charge in [0.25, 0.3) is 6.20 Å². The van der Waals surface area contributed by atoms with Crippen molar-refractivity contribution < 1.29 is 9.34 Å². The molecule has 22 heavy (non-hydrogen) atoms. The molecule has 124 valence electrons. The minimum absolute atomic E-state index is 0.246. The molecule has 1 unspecified atom stereocenters. The fourth-order valence-electron chi connectivity index (χ4n) is 1.82. The van der Waals surface area contributed by atoms with E-state index in [4.69, 9.17) is 4.42 Å². The lowest BCUT2D eigenvalue weighted by atomic mass is 10.3. The van der Waals surface area contributed by atoms with Crippen LogP contribution in [0.5, 0.6) is 0 Å². The van der Waals surface area contributed by atoms with Crippen LogP contribution in [-0.2, 0) is 6.54 Å². The van der Waals surface area contributed by atoms with Crippen LogP contribution in [0.1, 0.15) is 23.7 Å². The highest BCUT2D eigenvalue weighted by Gasteiger charge is 2.11. The van der Waals surface area contributed by atoms with Crippen LogP contribution in [0.15, 0.2) is 28.6 Å². The van der Waals surface area contributed by atoms with E-state index >= 15 is 0 Å². The normalized spacial score (nSPS) is 13.2. The Morgan fingerprint density at radius 3 is 2.86 bits per heavy atom. The van der Waals surface area contributed by atoms with Crippen molar-refractivity contribution in [3.8, 4) is 0 Å². The molecule has 0 amide bonds. The standard InChI is InChI=1S/C14H24N4O3S/c1-11(13-6-5-12(21-13)9-17(3)4)22-8-7-16-14(15-2)10-18(19)20/h5-6,10-11,15-16H,7-9H2,1-4H3. The topological polar surface area (TPSA) is 83.6 Å². The lowest BCUT2D eigenvalue weighted by Crippen LogP contribution is -2.26. The average Bonchev–Trinajstić information content (AvgIpc) is 2.89. The molecule has 1 aromatic rings. The molecule has 7 nitrogen and oxygen atoms in total. The molecular weight excluding hydrogens is 304 g/mol. The molecule has 1 rings (SSSR count). The van der Waals surface area contributed by atoms with Gasteiger partial charge < -0.3 is 20.0 Å². The molecule has 0 spiro atoms. The Kier molecular flexibility index (Phi) is 7.83. The maximum Gasteiger partial charge on any atom is 0.274 e. The fourth-order valence-corrected chi connectivity index (χ4v) is 2.68. The molecular formula is C14H24N4O3S. The molecule has 0 aliphatic rings. The predicted molar refractivity (Wildman–Crippen MR) is 89.1 cm³/mol. The van der Waals surface area contributed by atoms with Crippen molar-refractivity contribution in [2.24, 2.45) is 0 Å². The van der Waals surface area contributed by atoms with E-state index in [-0.39, 0.29) is 5.25 Å². The summed E-state index contributed by atoms with van der Waals surface area (Å²) in [6, 6.07) is 4.01. The summed E-state index contributed by atoms with van der Waals surface area (Å²) in [4.78, 5) is 12.0. The van der Waals surface area contributed by atoms with Crippen molar-refractivity contribution in [2.45, 2.75) is 18.7 Å². The predicted octanol–water partition coefficient (Wildman–Crippen LogP) is 2.02. The summed E-state index contributed by atoms with van der Waals surface area (Å²) in [6.07, 6.45) is 0.925. The van der Waals surface area contributed by atoms with Crippen molar-refractivity contribution in [3.05, 3.63) is 45.8 Å². The Balaban J connectivity index is 2.35. The van der Waals surface area contributed by atoms with E-state index in [0.29, 0.717) is 12.4 Å². The van der Waals surface area contributed by atoms with Crippen LogP contribution in [0, 0.1) is 10.1 Å². The van der Waals surface area contributed by atoms with Gasteiger partial charge in [0.05, 0.1) is 16.7 Å². The number of nitrogens with one attached hydrogen (secondary N) is 2. The molecule has 0 aliphatic heterocycles. The van der Waals surface area contributed by atoms with E-state index in [1.807, 2.05) is 26.2 Å². The van der Waals surface area contributed by atoms with Gasteiger partial charge in [0.2, 0.25) is 0 Å². The largest absolute Gasteiger partial charge is 0.464 e. The number of hydrogen-bond acceptors (Lipinski definition) is 7. The zero-order valence-corrected chi connectivity index (χ0v) is 14.3. The highest BCUT2D eigenvalue weighted by Crippen LogP contribution is 2.29. The zero-order chi connectivity index (χ0) is 16.5. The van der Waals surface area contributed by atoms with Gasteiger partial charge in [0.15, 0.2) is 5.82 Å². The third kappa shape index (κ3) is 6.86. The Hall–Kier alpha value is -1.67. The van der Waals surface area contributed by atoms with Crippen molar-refractivity contribution >= 4 is 11.8 Å². The van der Waals surface area contributed by atoms with Gasteiger partial charge >= 0.3 is 0 Å². The maximum atomic E-state index is 10.4. The zero-order valence-electron chi connectivity index (χ0n) is 13.5. The van der Waals surface area contributed by atoms with Gasteiger partial charge in [-0.3, -0.25) is 10.1 Å². The molecule has 2 N–H and O–H groups in total. The third-order valence-corrected chi connectivity index (χ3v) is 4.02. The highest BCUT2D eigenvalue weighted by molar-refractivity contribution is 7.99. The van der Waals surface area contributed by atoms with Crippen LogP contribution in [0.4, 0.5) is 0 Å². The molecule has 1 atom stereocenters. The molecule has 1 aromatic heterocycles. The van der Waals surface area contributed by atoms with Crippen molar-refractivity contribution in [1.29, 1.82) is 0 Å². The van der Waals surface area contributed by atoms with Crippen LogP contribution in [0.2, 0.25) is 0 Å². The molecule has 1 heterocycles. The smallest absolute Gasteiger partial charge is 0.274 e. The molecule has 0 aromatic carbocycles. The summed E-state index contributed by atoms with van der Waals surface area (Å²) < 4.78 is 5.81. The first-order chi connectivity index (χ1) is 10.4. The van der Waals surface area contributed by atoms with E-state index < -0.39 is 4.92 Å². The van der Waals surface area contributed by atoms with E-state index in [2.05, 4.69) is 22.5 Å². The molecule has 0 bridgehead atoms. The van der Waals surface area contributed by atoms with Gasteiger partial charge in [-0.05, 0) is 33.2 Å². The fraction of sp³-hybridized carbons (Fsp3) is 0.571. The summed E-state index contributed by atoms with van der Waals surface area (Å²) in [5.74, 6) is 3.14. The second-order valence-electron chi connectivity index (χ2n) is 5.06.